The average Bonchev–Trinajstić information content (AvgIpc) is 2.46. The molecule has 0 fully saturated rings. The maximum Gasteiger partial charge on any atom is 0.166 e. The van der Waals surface area contributed by atoms with E-state index in [9.17, 15) is 9.59 Å². The summed E-state index contributed by atoms with van der Waals surface area (Å²) < 4.78 is 0. The molecule has 2 rings (SSSR count). The first-order valence-electron chi connectivity index (χ1n) is 4.79. The number of carbonyl (C=O) groups excluding carboxylic acids is 2. The third kappa shape index (κ3) is 1.37. The van der Waals surface area contributed by atoms with Crippen molar-refractivity contribution >= 4 is 12.1 Å². The van der Waals surface area contributed by atoms with Gasteiger partial charge in [-0.25, -0.2) is 0 Å². The second-order valence-corrected chi connectivity index (χ2v) is 3.83. The van der Waals surface area contributed by atoms with Crippen LogP contribution < -0.4 is 0 Å². The summed E-state index contributed by atoms with van der Waals surface area (Å²) in [7, 11) is 0. The first-order chi connectivity index (χ1) is 6.72. The van der Waals surface area contributed by atoms with E-state index in [4.69, 9.17) is 0 Å². The molecule has 1 unspecified atom stereocenters. The summed E-state index contributed by atoms with van der Waals surface area (Å²) in [5, 5.41) is 0. The predicted molar refractivity (Wildman–Crippen MR) is 53.4 cm³/mol. The monoisotopic (exact) mass is 188 g/mol. The normalized spacial score (nSPS) is 19.5. The van der Waals surface area contributed by atoms with E-state index in [0.29, 0.717) is 6.42 Å². The first kappa shape index (κ1) is 9.13. The third-order valence-corrected chi connectivity index (χ3v) is 2.75. The van der Waals surface area contributed by atoms with Gasteiger partial charge in [0, 0.05) is 17.9 Å². The lowest BCUT2D eigenvalue weighted by Gasteiger charge is -1.99. The summed E-state index contributed by atoms with van der Waals surface area (Å²) in [5.74, 6) is 0.0279. The van der Waals surface area contributed by atoms with Crippen LogP contribution in [-0.2, 0) is 11.2 Å². The molecular formula is C12H12O2. The van der Waals surface area contributed by atoms with Crippen molar-refractivity contribution in [1.29, 1.82) is 0 Å². The molecule has 1 aromatic carbocycles. The number of Topliss-reactive ketones (excluding diaryl/α,β-unsaturated/α-hetero) is 1. The van der Waals surface area contributed by atoms with Gasteiger partial charge in [0.25, 0.3) is 0 Å². The van der Waals surface area contributed by atoms with E-state index in [-0.39, 0.29) is 11.7 Å². The second kappa shape index (κ2) is 3.37. The minimum atomic E-state index is -0.107. The highest BCUT2D eigenvalue weighted by molar-refractivity contribution is 6.03. The van der Waals surface area contributed by atoms with Crippen LogP contribution in [0.5, 0.6) is 0 Å². The number of hydrogen-bond acceptors (Lipinski definition) is 2. The van der Waals surface area contributed by atoms with Gasteiger partial charge >= 0.3 is 0 Å². The Morgan fingerprint density at radius 1 is 1.50 bits per heavy atom. The molecule has 2 heteroatoms. The number of hydrogen-bond donors (Lipinski definition) is 0. The lowest BCUT2D eigenvalue weighted by atomic mass is 10.0. The third-order valence-electron chi connectivity index (χ3n) is 2.75. The first-order valence-corrected chi connectivity index (χ1v) is 4.79. The lowest BCUT2D eigenvalue weighted by Crippen LogP contribution is -2.09. The van der Waals surface area contributed by atoms with Gasteiger partial charge in [0.1, 0.15) is 6.29 Å². The van der Waals surface area contributed by atoms with Crippen LogP contribution in [0.4, 0.5) is 0 Å². The molecule has 0 aliphatic heterocycles. The molecule has 0 saturated heterocycles. The largest absolute Gasteiger partial charge is 0.303 e. The Bertz CT molecular complexity index is 393. The lowest BCUT2D eigenvalue weighted by molar-refractivity contribution is -0.108. The number of ketones is 1. The summed E-state index contributed by atoms with van der Waals surface area (Å²) in [5.41, 5.74) is 3.01. The van der Waals surface area contributed by atoms with E-state index >= 15 is 0 Å². The highest BCUT2D eigenvalue weighted by atomic mass is 16.1. The van der Waals surface area contributed by atoms with Crippen LogP contribution in [-0.4, -0.2) is 12.1 Å². The topological polar surface area (TPSA) is 34.1 Å². The van der Waals surface area contributed by atoms with Gasteiger partial charge in [-0.2, -0.15) is 0 Å². The highest BCUT2D eigenvalue weighted by Crippen LogP contribution is 2.28. The molecule has 1 atom stereocenters. The molecule has 0 radical (unpaired) electrons. The minimum absolute atomic E-state index is 0.107. The highest BCUT2D eigenvalue weighted by Gasteiger charge is 2.29. The molecule has 1 aromatic rings. The Kier molecular flexibility index (Phi) is 2.20. The summed E-state index contributed by atoms with van der Waals surface area (Å²) in [6, 6.07) is 5.92. The van der Waals surface area contributed by atoms with Gasteiger partial charge < -0.3 is 4.79 Å². The fourth-order valence-electron chi connectivity index (χ4n) is 1.98. The maximum absolute atomic E-state index is 11.8. The number of aldehydes is 1. The Morgan fingerprint density at radius 2 is 2.29 bits per heavy atom. The number of carbonyl (C=O) groups is 2. The van der Waals surface area contributed by atoms with E-state index in [1.165, 1.54) is 0 Å². The Labute approximate surface area is 82.9 Å². The Balaban J connectivity index is 2.36. The molecular weight excluding hydrogens is 176 g/mol. The van der Waals surface area contributed by atoms with Crippen molar-refractivity contribution in [1.82, 2.24) is 0 Å². The standard InChI is InChI=1S/C12H12O2/c1-8-2-3-9-7-10(4-5-13)12(14)11(9)6-8/h2-3,5-6,10H,4,7H2,1H3. The summed E-state index contributed by atoms with van der Waals surface area (Å²) in [6.45, 7) is 1.97. The van der Waals surface area contributed by atoms with Crippen LogP contribution in [0.2, 0.25) is 0 Å². The molecule has 2 nitrogen and oxygen atoms in total. The predicted octanol–water partition coefficient (Wildman–Crippen LogP) is 1.94. The van der Waals surface area contributed by atoms with Gasteiger partial charge in [0.15, 0.2) is 5.78 Å². The van der Waals surface area contributed by atoms with Crippen LogP contribution in [0.25, 0.3) is 0 Å². The van der Waals surface area contributed by atoms with Crippen molar-refractivity contribution < 1.29 is 9.59 Å². The van der Waals surface area contributed by atoms with Gasteiger partial charge in [-0.15, -0.1) is 0 Å². The zero-order valence-corrected chi connectivity index (χ0v) is 8.12. The van der Waals surface area contributed by atoms with Crippen LogP contribution in [0, 0.1) is 12.8 Å². The fraction of sp³-hybridized carbons (Fsp3) is 0.333. The van der Waals surface area contributed by atoms with Gasteiger partial charge in [-0.1, -0.05) is 17.7 Å². The van der Waals surface area contributed by atoms with Crippen molar-refractivity contribution in [3.05, 3.63) is 34.9 Å². The van der Waals surface area contributed by atoms with Gasteiger partial charge in [0.05, 0.1) is 0 Å². The quantitative estimate of drug-likeness (QED) is 0.665. The van der Waals surface area contributed by atoms with Gasteiger partial charge in [0.2, 0.25) is 0 Å². The van der Waals surface area contributed by atoms with Crippen molar-refractivity contribution in [2.75, 3.05) is 0 Å². The minimum Gasteiger partial charge on any atom is -0.303 e. The zero-order valence-electron chi connectivity index (χ0n) is 8.12. The van der Waals surface area contributed by atoms with Crippen LogP contribution in [0.1, 0.15) is 27.9 Å². The van der Waals surface area contributed by atoms with Crippen LogP contribution in [0.3, 0.4) is 0 Å². The molecule has 14 heavy (non-hydrogen) atoms. The molecule has 0 spiro atoms. The molecule has 0 amide bonds. The van der Waals surface area contributed by atoms with Crippen LogP contribution >= 0.6 is 0 Å². The SMILES string of the molecule is Cc1ccc2c(c1)C(=O)C(CC=O)C2. The Morgan fingerprint density at radius 3 is 3.00 bits per heavy atom. The van der Waals surface area contributed by atoms with E-state index in [2.05, 4.69) is 0 Å². The van der Waals surface area contributed by atoms with E-state index in [1.54, 1.807) is 0 Å². The molecule has 0 heterocycles. The number of fused-ring (bicyclic) bond motifs is 1. The number of aryl methyl sites for hydroxylation is 1. The molecule has 0 bridgehead atoms. The van der Waals surface area contributed by atoms with E-state index in [0.717, 1.165) is 29.4 Å². The zero-order chi connectivity index (χ0) is 10.1. The second-order valence-electron chi connectivity index (χ2n) is 3.83. The van der Waals surface area contributed by atoms with E-state index in [1.807, 2.05) is 25.1 Å². The molecule has 0 N–H and O–H groups in total. The maximum atomic E-state index is 11.8. The summed E-state index contributed by atoms with van der Waals surface area (Å²) in [4.78, 5) is 22.2. The molecule has 0 saturated carbocycles. The average molecular weight is 188 g/mol. The van der Waals surface area contributed by atoms with Crippen LogP contribution in [0.15, 0.2) is 18.2 Å². The van der Waals surface area contributed by atoms with Gasteiger partial charge in [-0.05, 0) is 25.0 Å². The summed E-state index contributed by atoms with van der Waals surface area (Å²) >= 11 is 0. The van der Waals surface area contributed by atoms with Crippen molar-refractivity contribution in [3.8, 4) is 0 Å². The number of benzene rings is 1. The Hall–Kier alpha value is -1.44. The smallest absolute Gasteiger partial charge is 0.166 e. The van der Waals surface area contributed by atoms with Crippen molar-refractivity contribution in [3.63, 3.8) is 0 Å². The molecule has 1 aliphatic rings. The van der Waals surface area contributed by atoms with E-state index < -0.39 is 0 Å². The fourth-order valence-corrected chi connectivity index (χ4v) is 1.98. The summed E-state index contributed by atoms with van der Waals surface area (Å²) in [6.07, 6.45) is 1.92. The molecule has 0 aromatic heterocycles. The van der Waals surface area contributed by atoms with Crippen molar-refractivity contribution in [2.24, 2.45) is 5.92 Å². The number of rotatable bonds is 2. The van der Waals surface area contributed by atoms with Gasteiger partial charge in [-0.3, -0.25) is 4.79 Å². The molecule has 1 aliphatic carbocycles. The van der Waals surface area contributed by atoms with Crippen molar-refractivity contribution in [2.45, 2.75) is 19.8 Å². The molecule has 72 valence electrons.